The van der Waals surface area contributed by atoms with Crippen LogP contribution in [0.15, 0.2) is 12.5 Å². The van der Waals surface area contributed by atoms with Gasteiger partial charge in [0.1, 0.15) is 0 Å². The van der Waals surface area contributed by atoms with E-state index in [9.17, 15) is 9.59 Å². The summed E-state index contributed by atoms with van der Waals surface area (Å²) in [6.45, 7) is 1.10. The van der Waals surface area contributed by atoms with Crippen molar-refractivity contribution in [2.24, 2.45) is 5.92 Å². The maximum Gasteiger partial charge on any atom is 0.317 e. The lowest BCUT2D eigenvalue weighted by Gasteiger charge is -2.36. The molecule has 1 aromatic heterocycles. The molecule has 17 heavy (non-hydrogen) atoms. The number of carbonyl (C=O) groups is 2. The number of nitrogens with zero attached hydrogens (tertiary/aromatic N) is 2. The van der Waals surface area contributed by atoms with Crippen molar-refractivity contribution in [1.29, 1.82) is 0 Å². The first-order valence-electron chi connectivity index (χ1n) is 5.39. The Bertz CT molecular complexity index is 398. The van der Waals surface area contributed by atoms with E-state index in [4.69, 9.17) is 5.11 Å². The van der Waals surface area contributed by atoms with Crippen LogP contribution in [0.3, 0.4) is 0 Å². The molecule has 0 saturated carbocycles. The normalized spacial score (nSPS) is 15.4. The molecular formula is C10H14N4O3. The molecule has 1 aromatic rings. The average Bonchev–Trinajstić information content (AvgIpc) is 2.67. The van der Waals surface area contributed by atoms with Crippen LogP contribution in [0.5, 0.6) is 0 Å². The third kappa shape index (κ3) is 2.74. The summed E-state index contributed by atoms with van der Waals surface area (Å²) in [6, 6.07) is -0.206. The number of carboxylic acids is 1. The van der Waals surface area contributed by atoms with Crippen LogP contribution in [0.25, 0.3) is 0 Å². The van der Waals surface area contributed by atoms with Crippen LogP contribution in [-0.2, 0) is 11.2 Å². The Morgan fingerprint density at radius 2 is 2.35 bits per heavy atom. The molecule has 92 valence electrons. The first-order chi connectivity index (χ1) is 8.16. The minimum atomic E-state index is -0.841. The maximum absolute atomic E-state index is 11.5. The lowest BCUT2D eigenvalue weighted by atomic mass is 10.0. The van der Waals surface area contributed by atoms with Gasteiger partial charge in [-0.05, 0) is 0 Å². The molecule has 1 saturated heterocycles. The summed E-state index contributed by atoms with van der Waals surface area (Å²) in [7, 11) is 0. The van der Waals surface area contributed by atoms with E-state index in [-0.39, 0.29) is 6.03 Å². The van der Waals surface area contributed by atoms with Crippen LogP contribution in [0.1, 0.15) is 5.69 Å². The van der Waals surface area contributed by atoms with E-state index in [1.54, 1.807) is 12.5 Å². The number of aliphatic carboxylic acids is 1. The molecule has 0 unspecified atom stereocenters. The van der Waals surface area contributed by atoms with E-state index in [0.717, 1.165) is 5.69 Å². The van der Waals surface area contributed by atoms with Gasteiger partial charge in [0.25, 0.3) is 0 Å². The number of hydrogen-bond acceptors (Lipinski definition) is 3. The predicted molar refractivity (Wildman–Crippen MR) is 58.4 cm³/mol. The number of hydrogen-bond donors (Lipinski definition) is 3. The Morgan fingerprint density at radius 1 is 1.59 bits per heavy atom. The fourth-order valence-corrected chi connectivity index (χ4v) is 1.64. The Morgan fingerprint density at radius 3 is 2.94 bits per heavy atom. The van der Waals surface area contributed by atoms with Gasteiger partial charge in [0, 0.05) is 37.9 Å². The van der Waals surface area contributed by atoms with Crippen molar-refractivity contribution in [1.82, 2.24) is 20.2 Å². The van der Waals surface area contributed by atoms with Crippen molar-refractivity contribution in [3.05, 3.63) is 18.2 Å². The van der Waals surface area contributed by atoms with E-state index in [2.05, 4.69) is 15.3 Å². The fourth-order valence-electron chi connectivity index (χ4n) is 1.64. The van der Waals surface area contributed by atoms with Crippen molar-refractivity contribution in [3.63, 3.8) is 0 Å². The zero-order valence-electron chi connectivity index (χ0n) is 9.22. The molecule has 7 heteroatoms. The third-order valence-corrected chi connectivity index (χ3v) is 2.74. The minimum Gasteiger partial charge on any atom is -0.481 e. The largest absolute Gasteiger partial charge is 0.481 e. The number of urea groups is 1. The molecule has 2 rings (SSSR count). The van der Waals surface area contributed by atoms with Gasteiger partial charge in [0.15, 0.2) is 0 Å². The molecule has 0 spiro atoms. The standard InChI is InChI=1S/C10H14N4O3/c15-9(16)7-4-14(5-7)10(17)12-2-1-8-3-11-6-13-8/h3,6-7H,1-2,4-5H2,(H,11,13)(H,12,17)(H,15,16). The van der Waals surface area contributed by atoms with Crippen LogP contribution in [-0.4, -0.2) is 51.6 Å². The highest BCUT2D eigenvalue weighted by Gasteiger charge is 2.35. The summed E-state index contributed by atoms with van der Waals surface area (Å²) in [5.41, 5.74) is 0.956. The van der Waals surface area contributed by atoms with Crippen molar-refractivity contribution < 1.29 is 14.7 Å². The highest BCUT2D eigenvalue weighted by atomic mass is 16.4. The number of nitrogens with one attached hydrogen (secondary N) is 2. The predicted octanol–water partition coefficient (Wildman–Crippen LogP) is -0.322. The van der Waals surface area contributed by atoms with Gasteiger partial charge in [-0.25, -0.2) is 9.78 Å². The van der Waals surface area contributed by atoms with Gasteiger partial charge < -0.3 is 20.3 Å². The van der Waals surface area contributed by atoms with Crippen molar-refractivity contribution in [3.8, 4) is 0 Å². The molecule has 0 radical (unpaired) electrons. The number of carboxylic acid groups (broad SMARTS) is 1. The number of rotatable bonds is 4. The summed E-state index contributed by atoms with van der Waals surface area (Å²) in [5, 5.41) is 11.4. The second kappa shape index (κ2) is 4.86. The van der Waals surface area contributed by atoms with E-state index >= 15 is 0 Å². The van der Waals surface area contributed by atoms with E-state index in [0.29, 0.717) is 26.1 Å². The number of likely N-dealkylation sites (tertiary alicyclic amines) is 1. The molecule has 1 aliphatic rings. The summed E-state index contributed by atoms with van der Waals surface area (Å²) in [6.07, 6.45) is 3.97. The lowest BCUT2D eigenvalue weighted by molar-refractivity contribution is -0.146. The van der Waals surface area contributed by atoms with Gasteiger partial charge in [-0.1, -0.05) is 0 Å². The Labute approximate surface area is 97.8 Å². The van der Waals surface area contributed by atoms with Gasteiger partial charge in [-0.2, -0.15) is 0 Å². The molecule has 1 aliphatic heterocycles. The number of H-pyrrole nitrogens is 1. The van der Waals surface area contributed by atoms with Crippen LogP contribution >= 0.6 is 0 Å². The molecule has 2 amide bonds. The first-order valence-corrected chi connectivity index (χ1v) is 5.39. The van der Waals surface area contributed by atoms with Crippen molar-refractivity contribution in [2.75, 3.05) is 19.6 Å². The maximum atomic E-state index is 11.5. The average molecular weight is 238 g/mol. The van der Waals surface area contributed by atoms with E-state index < -0.39 is 11.9 Å². The van der Waals surface area contributed by atoms with Crippen molar-refractivity contribution >= 4 is 12.0 Å². The molecule has 0 bridgehead atoms. The first kappa shape index (κ1) is 11.4. The monoisotopic (exact) mass is 238 g/mol. The molecule has 2 heterocycles. The van der Waals surface area contributed by atoms with Crippen LogP contribution in [0.4, 0.5) is 4.79 Å². The fraction of sp³-hybridized carbons (Fsp3) is 0.500. The summed E-state index contributed by atoms with van der Waals surface area (Å²) in [5.74, 6) is -1.25. The zero-order chi connectivity index (χ0) is 12.3. The number of imidazole rings is 1. The quantitative estimate of drug-likeness (QED) is 0.669. The van der Waals surface area contributed by atoms with E-state index in [1.165, 1.54) is 4.90 Å². The Hall–Kier alpha value is -2.05. The summed E-state index contributed by atoms with van der Waals surface area (Å²) in [4.78, 5) is 30.4. The Kier molecular flexibility index (Phi) is 3.27. The Balaban J connectivity index is 1.64. The van der Waals surface area contributed by atoms with Gasteiger partial charge >= 0.3 is 12.0 Å². The lowest BCUT2D eigenvalue weighted by Crippen LogP contribution is -2.56. The molecule has 0 aromatic carbocycles. The van der Waals surface area contributed by atoms with Crippen LogP contribution in [0, 0.1) is 5.92 Å². The number of carbonyl (C=O) groups excluding carboxylic acids is 1. The summed E-state index contributed by atoms with van der Waals surface area (Å²) >= 11 is 0. The van der Waals surface area contributed by atoms with Crippen molar-refractivity contribution in [2.45, 2.75) is 6.42 Å². The molecule has 7 nitrogen and oxygen atoms in total. The molecule has 0 atom stereocenters. The zero-order valence-corrected chi connectivity index (χ0v) is 9.22. The molecule has 3 N–H and O–H groups in total. The minimum absolute atomic E-state index is 0.206. The second-order valence-electron chi connectivity index (χ2n) is 4.00. The second-order valence-corrected chi connectivity index (χ2v) is 4.00. The topological polar surface area (TPSA) is 98.3 Å². The molecule has 0 aliphatic carbocycles. The van der Waals surface area contributed by atoms with Gasteiger partial charge in [-0.3, -0.25) is 4.79 Å². The van der Waals surface area contributed by atoms with Gasteiger partial charge in [0.2, 0.25) is 0 Å². The van der Waals surface area contributed by atoms with Crippen LogP contribution < -0.4 is 5.32 Å². The number of amides is 2. The van der Waals surface area contributed by atoms with Gasteiger partial charge in [-0.15, -0.1) is 0 Å². The molecular weight excluding hydrogens is 224 g/mol. The smallest absolute Gasteiger partial charge is 0.317 e. The SMILES string of the molecule is O=C(O)C1CN(C(=O)NCCc2cnc[nH]2)C1. The third-order valence-electron chi connectivity index (χ3n) is 2.74. The van der Waals surface area contributed by atoms with E-state index in [1.807, 2.05) is 0 Å². The van der Waals surface area contributed by atoms with Gasteiger partial charge in [0.05, 0.1) is 12.2 Å². The number of aromatic nitrogens is 2. The summed E-state index contributed by atoms with van der Waals surface area (Å²) < 4.78 is 0. The highest BCUT2D eigenvalue weighted by Crippen LogP contribution is 2.14. The molecule has 1 fully saturated rings. The highest BCUT2D eigenvalue weighted by molar-refractivity contribution is 5.79. The van der Waals surface area contributed by atoms with Crippen LogP contribution in [0.2, 0.25) is 0 Å². The number of aromatic amines is 1.